The maximum Gasteiger partial charge on any atom is 0.253 e. The maximum atomic E-state index is 12.1. The SMILES string of the molecule is O=C(Cn1cnccc1=O)NCCC(c1ccccc1)c1ccccc1. The predicted molar refractivity (Wildman–Crippen MR) is 101 cm³/mol. The molecule has 1 N–H and O–H groups in total. The van der Waals surface area contributed by atoms with E-state index in [0.717, 1.165) is 6.42 Å². The van der Waals surface area contributed by atoms with Gasteiger partial charge in [0.2, 0.25) is 5.91 Å². The van der Waals surface area contributed by atoms with E-state index in [9.17, 15) is 9.59 Å². The van der Waals surface area contributed by atoms with E-state index < -0.39 is 0 Å². The molecule has 0 bridgehead atoms. The van der Waals surface area contributed by atoms with Crippen molar-refractivity contribution in [1.29, 1.82) is 0 Å². The van der Waals surface area contributed by atoms with Gasteiger partial charge in [0.15, 0.2) is 0 Å². The van der Waals surface area contributed by atoms with Gasteiger partial charge < -0.3 is 5.32 Å². The molecule has 3 rings (SSSR count). The van der Waals surface area contributed by atoms with Crippen molar-refractivity contribution >= 4 is 5.91 Å². The van der Waals surface area contributed by atoms with Crippen LogP contribution in [0.2, 0.25) is 0 Å². The number of carbonyl (C=O) groups is 1. The molecule has 0 saturated heterocycles. The lowest BCUT2D eigenvalue weighted by Gasteiger charge is -2.18. The molecule has 1 aromatic heterocycles. The second kappa shape index (κ2) is 8.76. The van der Waals surface area contributed by atoms with Crippen LogP contribution >= 0.6 is 0 Å². The summed E-state index contributed by atoms with van der Waals surface area (Å²) in [6, 6.07) is 21.9. The zero-order valence-corrected chi connectivity index (χ0v) is 14.4. The number of amides is 1. The van der Waals surface area contributed by atoms with Gasteiger partial charge in [-0.1, -0.05) is 60.7 Å². The van der Waals surface area contributed by atoms with E-state index in [1.807, 2.05) is 36.4 Å². The molecule has 0 unspecified atom stereocenters. The average Bonchev–Trinajstić information content (AvgIpc) is 2.68. The van der Waals surface area contributed by atoms with Gasteiger partial charge in [-0.25, -0.2) is 4.98 Å². The smallest absolute Gasteiger partial charge is 0.253 e. The summed E-state index contributed by atoms with van der Waals surface area (Å²) in [5.41, 5.74) is 2.20. The van der Waals surface area contributed by atoms with Crippen LogP contribution in [-0.2, 0) is 11.3 Å². The van der Waals surface area contributed by atoms with Crippen molar-refractivity contribution in [3.05, 3.63) is 101 Å². The standard InChI is InChI=1S/C21H21N3O2/c25-20(15-24-16-22-13-12-21(24)26)23-14-11-19(17-7-3-1-4-8-17)18-9-5-2-6-10-18/h1-10,12-13,16,19H,11,14-15H2,(H,23,25). The van der Waals surface area contributed by atoms with Crippen LogP contribution in [0.4, 0.5) is 0 Å². The first kappa shape index (κ1) is 17.6. The predicted octanol–water partition coefficient (Wildman–Crippen LogP) is 2.58. The molecule has 0 aliphatic rings. The average molecular weight is 347 g/mol. The van der Waals surface area contributed by atoms with E-state index in [1.165, 1.54) is 34.3 Å². The van der Waals surface area contributed by atoms with E-state index in [4.69, 9.17) is 0 Å². The minimum Gasteiger partial charge on any atom is -0.355 e. The fraction of sp³-hybridized carbons (Fsp3) is 0.190. The first-order valence-electron chi connectivity index (χ1n) is 8.61. The van der Waals surface area contributed by atoms with E-state index in [2.05, 4.69) is 34.6 Å². The van der Waals surface area contributed by atoms with Crippen LogP contribution in [0.5, 0.6) is 0 Å². The summed E-state index contributed by atoms with van der Waals surface area (Å²) in [5, 5.41) is 2.90. The first-order chi connectivity index (χ1) is 12.7. The molecule has 0 saturated carbocycles. The van der Waals surface area contributed by atoms with Gasteiger partial charge in [-0.3, -0.25) is 14.2 Å². The Morgan fingerprint density at radius 2 is 1.58 bits per heavy atom. The highest BCUT2D eigenvalue weighted by Gasteiger charge is 2.14. The van der Waals surface area contributed by atoms with Crippen molar-refractivity contribution in [3.63, 3.8) is 0 Å². The number of hydrogen-bond donors (Lipinski definition) is 1. The van der Waals surface area contributed by atoms with Crippen LogP contribution in [-0.4, -0.2) is 22.0 Å². The van der Waals surface area contributed by atoms with Gasteiger partial charge in [0.05, 0.1) is 6.33 Å². The summed E-state index contributed by atoms with van der Waals surface area (Å²) in [6.07, 6.45) is 3.57. The molecule has 0 fully saturated rings. The normalized spacial score (nSPS) is 10.7. The van der Waals surface area contributed by atoms with Crippen LogP contribution < -0.4 is 10.9 Å². The molecule has 132 valence electrons. The first-order valence-corrected chi connectivity index (χ1v) is 8.61. The summed E-state index contributed by atoms with van der Waals surface area (Å²) in [6.45, 7) is 0.510. The quantitative estimate of drug-likeness (QED) is 0.714. The van der Waals surface area contributed by atoms with Crippen molar-refractivity contribution in [2.24, 2.45) is 0 Å². The fourth-order valence-electron chi connectivity index (χ4n) is 2.96. The number of nitrogens with one attached hydrogen (secondary N) is 1. The Morgan fingerprint density at radius 1 is 0.962 bits per heavy atom. The second-order valence-corrected chi connectivity index (χ2v) is 6.06. The van der Waals surface area contributed by atoms with Gasteiger partial charge in [0, 0.05) is 24.7 Å². The van der Waals surface area contributed by atoms with Crippen molar-refractivity contribution in [2.45, 2.75) is 18.9 Å². The van der Waals surface area contributed by atoms with Gasteiger partial charge in [0.25, 0.3) is 5.56 Å². The molecule has 5 nitrogen and oxygen atoms in total. The lowest BCUT2D eigenvalue weighted by atomic mass is 9.88. The number of rotatable bonds is 7. The molecule has 1 amide bonds. The summed E-state index contributed by atoms with van der Waals surface area (Å²) in [5.74, 6) is 0.0128. The zero-order valence-electron chi connectivity index (χ0n) is 14.4. The number of aromatic nitrogens is 2. The summed E-state index contributed by atoms with van der Waals surface area (Å²) < 4.78 is 1.29. The van der Waals surface area contributed by atoms with Gasteiger partial charge >= 0.3 is 0 Å². The van der Waals surface area contributed by atoms with E-state index >= 15 is 0 Å². The van der Waals surface area contributed by atoms with E-state index in [-0.39, 0.29) is 23.9 Å². The van der Waals surface area contributed by atoms with Crippen LogP contribution in [0.25, 0.3) is 0 Å². The lowest BCUT2D eigenvalue weighted by molar-refractivity contribution is -0.121. The van der Waals surface area contributed by atoms with Crippen LogP contribution in [0.1, 0.15) is 23.5 Å². The Hall–Kier alpha value is -3.21. The lowest BCUT2D eigenvalue weighted by Crippen LogP contribution is -2.33. The molecule has 3 aromatic rings. The van der Waals surface area contributed by atoms with Gasteiger partial charge in [0.1, 0.15) is 6.54 Å². The minimum absolute atomic E-state index is 0.0198. The van der Waals surface area contributed by atoms with Crippen molar-refractivity contribution in [3.8, 4) is 0 Å². The highest BCUT2D eigenvalue weighted by molar-refractivity contribution is 5.75. The Morgan fingerprint density at radius 3 is 2.15 bits per heavy atom. The molecule has 0 spiro atoms. The molecule has 0 aliphatic carbocycles. The Labute approximate surface area is 152 Å². The van der Waals surface area contributed by atoms with Gasteiger partial charge in [-0.15, -0.1) is 0 Å². The van der Waals surface area contributed by atoms with Crippen LogP contribution in [0.15, 0.2) is 84.0 Å². The van der Waals surface area contributed by atoms with Crippen molar-refractivity contribution in [1.82, 2.24) is 14.9 Å². The largest absolute Gasteiger partial charge is 0.355 e. The third kappa shape index (κ3) is 4.66. The van der Waals surface area contributed by atoms with Gasteiger partial charge in [-0.05, 0) is 17.5 Å². The monoisotopic (exact) mass is 347 g/mol. The van der Waals surface area contributed by atoms with Crippen molar-refractivity contribution in [2.75, 3.05) is 6.54 Å². The highest BCUT2D eigenvalue weighted by atomic mass is 16.2. The molecule has 2 aromatic carbocycles. The fourth-order valence-corrected chi connectivity index (χ4v) is 2.96. The highest BCUT2D eigenvalue weighted by Crippen LogP contribution is 2.27. The summed E-state index contributed by atoms with van der Waals surface area (Å²) >= 11 is 0. The Bertz CT molecular complexity index is 852. The molecule has 0 atom stereocenters. The Balaban J connectivity index is 1.62. The van der Waals surface area contributed by atoms with Gasteiger partial charge in [-0.2, -0.15) is 0 Å². The molecule has 5 heteroatoms. The molecular formula is C21H21N3O2. The number of benzene rings is 2. The van der Waals surface area contributed by atoms with Crippen LogP contribution in [0, 0.1) is 0 Å². The zero-order chi connectivity index (χ0) is 18.2. The summed E-state index contributed by atoms with van der Waals surface area (Å²) in [4.78, 5) is 27.6. The molecule has 0 aliphatic heterocycles. The third-order valence-electron chi connectivity index (χ3n) is 4.27. The van der Waals surface area contributed by atoms with E-state index in [0.29, 0.717) is 6.54 Å². The van der Waals surface area contributed by atoms with E-state index in [1.54, 1.807) is 0 Å². The molecule has 26 heavy (non-hydrogen) atoms. The summed E-state index contributed by atoms with van der Waals surface area (Å²) in [7, 11) is 0. The number of hydrogen-bond acceptors (Lipinski definition) is 3. The molecular weight excluding hydrogens is 326 g/mol. The Kier molecular flexibility index (Phi) is 5.93. The maximum absolute atomic E-state index is 12.1. The van der Waals surface area contributed by atoms with Crippen molar-refractivity contribution < 1.29 is 4.79 Å². The number of nitrogens with zero attached hydrogens (tertiary/aromatic N) is 2. The number of carbonyl (C=O) groups excluding carboxylic acids is 1. The third-order valence-corrected chi connectivity index (χ3v) is 4.27. The topological polar surface area (TPSA) is 64.0 Å². The minimum atomic E-state index is -0.235. The molecule has 1 heterocycles. The second-order valence-electron chi connectivity index (χ2n) is 6.06. The van der Waals surface area contributed by atoms with Crippen LogP contribution in [0.3, 0.4) is 0 Å². The molecule has 0 radical (unpaired) electrons.